The summed E-state index contributed by atoms with van der Waals surface area (Å²) in [5.41, 5.74) is 0. The van der Waals surface area contributed by atoms with Gasteiger partial charge in [0.2, 0.25) is 29.5 Å². The normalized spacial score (nSPS) is 9.58. The molecule has 0 aromatic rings. The quantitative estimate of drug-likeness (QED) is 0.288. The van der Waals surface area contributed by atoms with E-state index in [0.29, 0.717) is 0 Å². The molecule has 0 spiro atoms. The van der Waals surface area contributed by atoms with Crippen LogP contribution in [0.15, 0.2) is 63.3 Å². The molecule has 5 amide bonds. The standard InChI is InChI=1S/C23H33N5O5/c1-6-19(29)24-11-13-26(21(31)8-3)15-17-28(23(33)10-5)18-16-27(22(32)9-4)14-12-25-20(30)7-2/h6-10H,1-5,11-18H2,(H,24,29)(H,25,30). The minimum Gasteiger partial charge on any atom is -0.351 e. The number of hydrogen-bond acceptors (Lipinski definition) is 5. The number of carbonyl (C=O) groups excluding carboxylic acids is 5. The molecular weight excluding hydrogens is 426 g/mol. The number of carbonyl (C=O) groups is 5. The molecule has 10 heteroatoms. The summed E-state index contributed by atoms with van der Waals surface area (Å²) in [4.78, 5) is 63.6. The summed E-state index contributed by atoms with van der Waals surface area (Å²) in [7, 11) is 0. The third-order valence-electron chi connectivity index (χ3n) is 4.47. The van der Waals surface area contributed by atoms with Crippen molar-refractivity contribution < 1.29 is 24.0 Å². The Morgan fingerprint density at radius 1 is 0.485 bits per heavy atom. The average Bonchev–Trinajstić information content (AvgIpc) is 2.84. The molecule has 2 N–H and O–H groups in total. The Morgan fingerprint density at radius 2 is 0.758 bits per heavy atom. The van der Waals surface area contributed by atoms with E-state index in [-0.39, 0.29) is 81.9 Å². The predicted octanol–water partition coefficient (Wildman–Crippen LogP) is -0.365. The lowest BCUT2D eigenvalue weighted by Gasteiger charge is -2.29. The van der Waals surface area contributed by atoms with E-state index < -0.39 is 0 Å². The minimum atomic E-state index is -0.369. The van der Waals surface area contributed by atoms with Crippen LogP contribution in [0, 0.1) is 0 Å². The van der Waals surface area contributed by atoms with Crippen LogP contribution in [0.3, 0.4) is 0 Å². The highest BCUT2D eigenvalue weighted by Crippen LogP contribution is 1.99. The van der Waals surface area contributed by atoms with Crippen LogP contribution in [0.5, 0.6) is 0 Å². The molecule has 0 aromatic heterocycles. The molecule has 0 heterocycles. The second-order valence-corrected chi connectivity index (χ2v) is 6.58. The first kappa shape index (κ1) is 29.1. The number of nitrogens with zero attached hydrogens (tertiary/aromatic N) is 3. The van der Waals surface area contributed by atoms with Crippen molar-refractivity contribution in [2.45, 2.75) is 0 Å². The zero-order valence-electron chi connectivity index (χ0n) is 19.0. The van der Waals surface area contributed by atoms with E-state index >= 15 is 0 Å². The molecule has 0 radical (unpaired) electrons. The van der Waals surface area contributed by atoms with Crippen molar-refractivity contribution in [1.82, 2.24) is 25.3 Å². The topological polar surface area (TPSA) is 119 Å². The van der Waals surface area contributed by atoms with Gasteiger partial charge >= 0.3 is 0 Å². The van der Waals surface area contributed by atoms with Crippen molar-refractivity contribution in [2.75, 3.05) is 52.4 Å². The van der Waals surface area contributed by atoms with Gasteiger partial charge in [-0.05, 0) is 30.4 Å². The predicted molar refractivity (Wildman–Crippen MR) is 127 cm³/mol. The van der Waals surface area contributed by atoms with E-state index in [9.17, 15) is 24.0 Å². The average molecular weight is 460 g/mol. The summed E-state index contributed by atoms with van der Waals surface area (Å²) in [5.74, 6) is -1.79. The maximum absolute atomic E-state index is 12.3. The lowest BCUT2D eigenvalue weighted by molar-refractivity contribution is -0.131. The first-order valence-corrected chi connectivity index (χ1v) is 10.3. The molecular formula is C23H33N5O5. The van der Waals surface area contributed by atoms with E-state index in [4.69, 9.17) is 0 Å². The first-order chi connectivity index (χ1) is 15.7. The van der Waals surface area contributed by atoms with Crippen LogP contribution in [0.2, 0.25) is 0 Å². The summed E-state index contributed by atoms with van der Waals surface area (Å²) in [6.07, 6.45) is 5.70. The Morgan fingerprint density at radius 3 is 1.00 bits per heavy atom. The van der Waals surface area contributed by atoms with Crippen LogP contribution in [-0.2, 0) is 24.0 Å². The van der Waals surface area contributed by atoms with Crippen molar-refractivity contribution in [1.29, 1.82) is 0 Å². The summed E-state index contributed by atoms with van der Waals surface area (Å²) in [6, 6.07) is 0. The fraction of sp³-hybridized carbons (Fsp3) is 0.348. The molecule has 0 aliphatic rings. The van der Waals surface area contributed by atoms with Gasteiger partial charge in [0.1, 0.15) is 0 Å². The maximum Gasteiger partial charge on any atom is 0.246 e. The summed E-state index contributed by atoms with van der Waals surface area (Å²) < 4.78 is 0. The molecule has 33 heavy (non-hydrogen) atoms. The lowest BCUT2D eigenvalue weighted by Crippen LogP contribution is -2.46. The molecule has 0 rings (SSSR count). The summed E-state index contributed by atoms with van der Waals surface area (Å²) in [5, 5.41) is 5.16. The van der Waals surface area contributed by atoms with Crippen LogP contribution in [0.4, 0.5) is 0 Å². The Labute approximate surface area is 195 Å². The van der Waals surface area contributed by atoms with E-state index in [0.717, 1.165) is 30.4 Å². The van der Waals surface area contributed by atoms with Crippen molar-refractivity contribution in [3.63, 3.8) is 0 Å². The SMILES string of the molecule is C=CC(=O)NCCN(CCN(CCN(CCNC(=O)C=C)C(=O)C=C)C(=O)C=C)C(=O)C=C. The monoisotopic (exact) mass is 459 g/mol. The molecule has 10 nitrogen and oxygen atoms in total. The van der Waals surface area contributed by atoms with Crippen LogP contribution >= 0.6 is 0 Å². The van der Waals surface area contributed by atoms with Crippen LogP contribution in [0.25, 0.3) is 0 Å². The van der Waals surface area contributed by atoms with E-state index in [1.807, 2.05) is 0 Å². The van der Waals surface area contributed by atoms with Gasteiger partial charge in [0.05, 0.1) is 0 Å². The zero-order chi connectivity index (χ0) is 25.2. The third kappa shape index (κ3) is 11.9. The molecule has 0 unspecified atom stereocenters. The Bertz CT molecular complexity index is 723. The van der Waals surface area contributed by atoms with Crippen LogP contribution < -0.4 is 10.6 Å². The molecule has 0 aliphatic carbocycles. The van der Waals surface area contributed by atoms with Gasteiger partial charge in [0.25, 0.3) is 0 Å². The van der Waals surface area contributed by atoms with Gasteiger partial charge in [-0.1, -0.05) is 32.9 Å². The molecule has 0 aromatic carbocycles. The van der Waals surface area contributed by atoms with Crippen LogP contribution in [-0.4, -0.2) is 96.6 Å². The second kappa shape index (κ2) is 16.7. The minimum absolute atomic E-state index is 0.170. The Balaban J connectivity index is 5.08. The number of hydrogen-bond donors (Lipinski definition) is 2. The summed E-state index contributed by atoms with van der Waals surface area (Å²) in [6.45, 7) is 18.7. The number of amides is 5. The van der Waals surface area contributed by atoms with E-state index in [1.54, 1.807) is 0 Å². The highest BCUT2D eigenvalue weighted by Gasteiger charge is 2.18. The molecule has 0 saturated carbocycles. The van der Waals surface area contributed by atoms with Crippen molar-refractivity contribution in [3.05, 3.63) is 63.3 Å². The van der Waals surface area contributed by atoms with Gasteiger partial charge in [0, 0.05) is 52.4 Å². The molecule has 0 bridgehead atoms. The Kier molecular flexibility index (Phi) is 14.7. The van der Waals surface area contributed by atoms with Crippen LogP contribution in [0.1, 0.15) is 0 Å². The number of rotatable bonds is 17. The van der Waals surface area contributed by atoms with Gasteiger partial charge in [-0.25, -0.2) is 0 Å². The van der Waals surface area contributed by atoms with Gasteiger partial charge in [-0.15, -0.1) is 0 Å². The molecule has 0 aliphatic heterocycles. The fourth-order valence-corrected chi connectivity index (χ4v) is 2.64. The third-order valence-corrected chi connectivity index (χ3v) is 4.47. The molecule has 180 valence electrons. The van der Waals surface area contributed by atoms with E-state index in [2.05, 4.69) is 43.5 Å². The fourth-order valence-electron chi connectivity index (χ4n) is 2.64. The van der Waals surface area contributed by atoms with E-state index in [1.165, 1.54) is 14.7 Å². The van der Waals surface area contributed by atoms with Gasteiger partial charge in [-0.3, -0.25) is 24.0 Å². The smallest absolute Gasteiger partial charge is 0.246 e. The van der Waals surface area contributed by atoms with Gasteiger partial charge < -0.3 is 25.3 Å². The van der Waals surface area contributed by atoms with Gasteiger partial charge in [-0.2, -0.15) is 0 Å². The Hall–Kier alpha value is -3.95. The molecule has 0 saturated heterocycles. The highest BCUT2D eigenvalue weighted by atomic mass is 16.2. The second-order valence-electron chi connectivity index (χ2n) is 6.58. The zero-order valence-corrected chi connectivity index (χ0v) is 19.0. The first-order valence-electron chi connectivity index (χ1n) is 10.3. The molecule has 0 fully saturated rings. The highest BCUT2D eigenvalue weighted by molar-refractivity contribution is 5.89. The maximum atomic E-state index is 12.3. The van der Waals surface area contributed by atoms with Crippen molar-refractivity contribution >= 4 is 29.5 Å². The lowest BCUT2D eigenvalue weighted by atomic mass is 10.3. The van der Waals surface area contributed by atoms with Gasteiger partial charge in [0.15, 0.2) is 0 Å². The largest absolute Gasteiger partial charge is 0.351 e. The summed E-state index contributed by atoms with van der Waals surface area (Å²) >= 11 is 0. The number of nitrogens with one attached hydrogen (secondary N) is 2. The van der Waals surface area contributed by atoms with Crippen molar-refractivity contribution in [3.8, 4) is 0 Å². The molecule has 0 atom stereocenters. The van der Waals surface area contributed by atoms with Crippen molar-refractivity contribution in [2.24, 2.45) is 0 Å².